The number of rotatable bonds is 10. The molecule has 0 bridgehead atoms. The Kier molecular flexibility index (Phi) is 9.26. The molecule has 0 aliphatic heterocycles. The first-order valence-electron chi connectivity index (χ1n) is 18.2. The van der Waals surface area contributed by atoms with Crippen molar-refractivity contribution in [2.75, 3.05) is 0 Å². The maximum absolute atomic E-state index is 5.32. The largest absolute Gasteiger partial charge is 0.293 e. The third kappa shape index (κ3) is 6.31. The van der Waals surface area contributed by atoms with Crippen LogP contribution < -0.4 is 0 Å². The van der Waals surface area contributed by atoms with Crippen molar-refractivity contribution < 1.29 is 0 Å². The number of allylic oxidation sites excluding steroid dienone is 9. The summed E-state index contributed by atoms with van der Waals surface area (Å²) < 4.78 is 6.55. The normalized spacial score (nSPS) is 12.0. The van der Waals surface area contributed by atoms with E-state index in [0.717, 1.165) is 95.5 Å². The molecule has 5 aromatic carbocycles. The number of fused-ring (bicyclic) bond motifs is 3. The highest BCUT2D eigenvalue weighted by atomic mass is 15.1. The summed E-state index contributed by atoms with van der Waals surface area (Å²) in [4.78, 5) is 15.9. The lowest BCUT2D eigenvalue weighted by atomic mass is 10.0. The van der Waals surface area contributed by atoms with Gasteiger partial charge in [0.15, 0.2) is 0 Å². The van der Waals surface area contributed by atoms with Gasteiger partial charge >= 0.3 is 0 Å². The van der Waals surface area contributed by atoms with Crippen molar-refractivity contribution in [1.82, 2.24) is 28.7 Å². The third-order valence-electron chi connectivity index (χ3n) is 9.66. The molecule has 0 aliphatic carbocycles. The molecule has 3 heterocycles. The van der Waals surface area contributed by atoms with Crippen molar-refractivity contribution in [3.63, 3.8) is 0 Å². The predicted octanol–water partition coefficient (Wildman–Crippen LogP) is 12.4. The minimum absolute atomic E-state index is 0.754. The monoisotopic (exact) mass is 712 g/mol. The maximum Gasteiger partial charge on any atom is 0.145 e. The molecule has 0 fully saturated rings. The molecule has 8 aromatic rings. The van der Waals surface area contributed by atoms with Gasteiger partial charge in [-0.15, -0.1) is 5.73 Å². The summed E-state index contributed by atoms with van der Waals surface area (Å²) in [7, 11) is 0. The van der Waals surface area contributed by atoms with Gasteiger partial charge in [-0.05, 0) is 111 Å². The van der Waals surface area contributed by atoms with Crippen LogP contribution in [0.3, 0.4) is 0 Å². The topological polar surface area (TPSA) is 53.5 Å². The molecule has 0 saturated carbocycles. The number of imidazole rings is 3. The molecule has 0 spiro atoms. The average Bonchev–Trinajstić information content (AvgIpc) is 3.90. The van der Waals surface area contributed by atoms with Gasteiger partial charge in [0.1, 0.15) is 17.5 Å². The minimum Gasteiger partial charge on any atom is -0.293 e. The van der Waals surface area contributed by atoms with Crippen LogP contribution in [0.5, 0.6) is 0 Å². The lowest BCUT2D eigenvalue weighted by Gasteiger charge is -2.17. The fourth-order valence-corrected chi connectivity index (χ4v) is 7.16. The number of nitrogens with zero attached hydrogens (tertiary/aromatic N) is 6. The fraction of sp³-hybridized carbons (Fsp3) is 0.0612. The predicted molar refractivity (Wildman–Crippen MR) is 231 cm³/mol. The summed E-state index contributed by atoms with van der Waals surface area (Å²) in [6.45, 7) is 18.8. The van der Waals surface area contributed by atoms with E-state index in [0.29, 0.717) is 0 Å². The Balaban J connectivity index is 1.49. The second-order valence-corrected chi connectivity index (χ2v) is 13.4. The average molecular weight is 713 g/mol. The quantitative estimate of drug-likeness (QED) is 0.105. The van der Waals surface area contributed by atoms with Crippen molar-refractivity contribution in [3.8, 4) is 39.9 Å². The molecule has 6 heteroatoms. The van der Waals surface area contributed by atoms with E-state index in [4.69, 9.17) is 15.0 Å². The zero-order valence-electron chi connectivity index (χ0n) is 31.2. The summed E-state index contributed by atoms with van der Waals surface area (Å²) >= 11 is 0. The Bertz CT molecular complexity index is 2950. The first kappa shape index (κ1) is 34.8. The van der Waals surface area contributed by atoms with Crippen LogP contribution in [0.4, 0.5) is 0 Å². The number of aryl methyl sites for hydroxylation is 1. The van der Waals surface area contributed by atoms with Gasteiger partial charge in [-0.2, -0.15) is 0 Å². The van der Waals surface area contributed by atoms with Gasteiger partial charge in [0, 0.05) is 22.4 Å². The van der Waals surface area contributed by atoms with Crippen molar-refractivity contribution in [3.05, 3.63) is 188 Å². The molecule has 8 rings (SSSR count). The molecule has 3 aromatic heterocycles. The van der Waals surface area contributed by atoms with Crippen LogP contribution in [0.25, 0.3) is 84.3 Å². The summed E-state index contributed by atoms with van der Waals surface area (Å²) in [6.07, 6.45) is 11.8. The standard InChI is InChI=1S/C49H40N6/c1-7-9-11-21-35(6)53-44-27-17-13-22-39(44)50-47(53)36-30-37(48-51-40-23-14-18-28-45(40)54(48)42(33(3)4)25-10-8-2)32-38(31-36)49-52-41-24-15-19-29-46(41)55(49)43-26-16-12-20-34(43)5/h7,9-32H,2-3,6H2,1,4-5H3/b9-7-,21-11-,42-25+. The number of hydrogen-bond acceptors (Lipinski definition) is 3. The molecule has 0 unspecified atom stereocenters. The zero-order valence-corrected chi connectivity index (χ0v) is 31.2. The van der Waals surface area contributed by atoms with Crippen LogP contribution >= 0.6 is 0 Å². The molecular formula is C49H40N6. The van der Waals surface area contributed by atoms with Crippen molar-refractivity contribution in [2.45, 2.75) is 20.8 Å². The molecule has 266 valence electrons. The molecule has 0 amide bonds. The van der Waals surface area contributed by atoms with Gasteiger partial charge in [-0.1, -0.05) is 92.6 Å². The van der Waals surface area contributed by atoms with E-state index >= 15 is 0 Å². The molecule has 0 N–H and O–H groups in total. The second kappa shape index (κ2) is 14.6. The van der Waals surface area contributed by atoms with Crippen molar-refractivity contribution >= 4 is 44.5 Å². The highest BCUT2D eigenvalue weighted by molar-refractivity contribution is 5.92. The molecule has 6 nitrogen and oxygen atoms in total. The summed E-state index contributed by atoms with van der Waals surface area (Å²) in [5.41, 5.74) is 15.9. The molecular weight excluding hydrogens is 673 g/mol. The van der Waals surface area contributed by atoms with E-state index in [1.165, 1.54) is 0 Å². The van der Waals surface area contributed by atoms with E-state index in [2.05, 4.69) is 119 Å². The van der Waals surface area contributed by atoms with Gasteiger partial charge in [-0.25, -0.2) is 15.0 Å². The summed E-state index contributed by atoms with van der Waals surface area (Å²) in [5, 5.41) is 0. The number of aromatic nitrogens is 6. The van der Waals surface area contributed by atoms with Gasteiger partial charge < -0.3 is 0 Å². The first-order valence-corrected chi connectivity index (χ1v) is 18.2. The molecule has 0 radical (unpaired) electrons. The summed E-state index contributed by atoms with van der Waals surface area (Å²) in [5.74, 6) is 2.32. The van der Waals surface area contributed by atoms with E-state index < -0.39 is 0 Å². The van der Waals surface area contributed by atoms with Crippen molar-refractivity contribution in [2.24, 2.45) is 0 Å². The van der Waals surface area contributed by atoms with Gasteiger partial charge in [0.25, 0.3) is 0 Å². The Labute approximate surface area is 321 Å². The maximum atomic E-state index is 5.32. The lowest BCUT2D eigenvalue weighted by Crippen LogP contribution is -2.04. The van der Waals surface area contributed by atoms with Crippen LogP contribution in [0.2, 0.25) is 0 Å². The number of hydrogen-bond donors (Lipinski definition) is 0. The van der Waals surface area contributed by atoms with Crippen LogP contribution in [0.1, 0.15) is 19.4 Å². The van der Waals surface area contributed by atoms with E-state index in [9.17, 15) is 0 Å². The van der Waals surface area contributed by atoms with Gasteiger partial charge in [0.05, 0.1) is 44.5 Å². The van der Waals surface area contributed by atoms with E-state index in [1.54, 1.807) is 0 Å². The molecule has 0 atom stereocenters. The van der Waals surface area contributed by atoms with Crippen LogP contribution in [-0.2, 0) is 0 Å². The molecule has 55 heavy (non-hydrogen) atoms. The van der Waals surface area contributed by atoms with Crippen LogP contribution in [0.15, 0.2) is 183 Å². The third-order valence-corrected chi connectivity index (χ3v) is 9.66. The smallest absolute Gasteiger partial charge is 0.145 e. The van der Waals surface area contributed by atoms with Gasteiger partial charge in [-0.3, -0.25) is 13.7 Å². The summed E-state index contributed by atoms with van der Waals surface area (Å²) in [6, 6.07) is 39.6. The Morgan fingerprint density at radius 1 is 0.636 bits per heavy atom. The lowest BCUT2D eigenvalue weighted by molar-refractivity contribution is 1.08. The Morgan fingerprint density at radius 2 is 1.15 bits per heavy atom. The van der Waals surface area contributed by atoms with E-state index in [1.807, 2.05) is 92.8 Å². The van der Waals surface area contributed by atoms with Crippen LogP contribution in [0, 0.1) is 6.92 Å². The number of benzene rings is 5. The Morgan fingerprint density at radius 3 is 1.75 bits per heavy atom. The van der Waals surface area contributed by atoms with E-state index in [-0.39, 0.29) is 0 Å². The Hall–Kier alpha value is -7.27. The zero-order chi connectivity index (χ0) is 38.1. The first-order chi connectivity index (χ1) is 26.9. The highest BCUT2D eigenvalue weighted by Crippen LogP contribution is 2.39. The minimum atomic E-state index is 0.754. The second-order valence-electron chi connectivity index (χ2n) is 13.4. The fourth-order valence-electron chi connectivity index (χ4n) is 7.16. The van der Waals surface area contributed by atoms with Gasteiger partial charge in [0.2, 0.25) is 0 Å². The van der Waals surface area contributed by atoms with Crippen molar-refractivity contribution in [1.29, 1.82) is 0 Å². The number of para-hydroxylation sites is 7. The van der Waals surface area contributed by atoms with Crippen LogP contribution in [-0.4, -0.2) is 28.7 Å². The molecule has 0 saturated heterocycles. The highest BCUT2D eigenvalue weighted by Gasteiger charge is 2.23. The SMILES string of the molecule is C=C=C/C=C(\C(=C)C)n1c(-c2cc(-c3nc4ccccc4n3C(=C)/C=C\C=C/C)cc(-c3nc4ccccc4n3-c3ccccc3C)c2)nc2ccccc21. The molecule has 0 aliphatic rings.